The number of hydrogen-bond donors (Lipinski definition) is 4. The zero-order chi connectivity index (χ0) is 9.14. The number of ether oxygens (including phenoxy) is 2. The van der Waals surface area contributed by atoms with Crippen molar-refractivity contribution in [1.82, 2.24) is 0 Å². The highest BCUT2D eigenvalue weighted by Crippen LogP contribution is 2.16. The lowest BCUT2D eigenvalue weighted by atomic mass is 10.2. The zero-order valence-electron chi connectivity index (χ0n) is 6.33. The van der Waals surface area contributed by atoms with Crippen molar-refractivity contribution in [3.8, 4) is 0 Å². The van der Waals surface area contributed by atoms with E-state index in [1.165, 1.54) is 0 Å². The molecule has 0 amide bonds. The summed E-state index contributed by atoms with van der Waals surface area (Å²) in [6.45, 7) is -0.896. The van der Waals surface area contributed by atoms with E-state index in [0.29, 0.717) is 0 Å². The normalized spacial score (nSPS) is 43.0. The summed E-state index contributed by atoms with van der Waals surface area (Å²) >= 11 is 0. The largest absolute Gasteiger partial charge is 0.393 e. The molecule has 1 aliphatic heterocycles. The van der Waals surface area contributed by atoms with E-state index in [1.807, 2.05) is 0 Å². The number of hydrogen-bond acceptors (Lipinski definition) is 6. The second kappa shape index (κ2) is 4.13. The maximum Gasteiger partial charge on any atom is 0.184 e. The first-order valence-corrected chi connectivity index (χ1v) is 3.57. The number of aliphatic hydroxyl groups excluding tert-OH is 4. The van der Waals surface area contributed by atoms with E-state index in [4.69, 9.17) is 29.9 Å². The van der Waals surface area contributed by atoms with Crippen molar-refractivity contribution in [3.05, 3.63) is 0 Å². The van der Waals surface area contributed by atoms with E-state index >= 15 is 0 Å². The molecule has 4 N–H and O–H groups in total. The van der Waals surface area contributed by atoms with Crippen LogP contribution in [0.4, 0.5) is 0 Å². The Balaban J connectivity index is 2.49. The summed E-state index contributed by atoms with van der Waals surface area (Å²) in [6, 6.07) is 0. The SMILES string of the molecule is OC[C@@H]1O[C@H](O)[C@H](CO)O[C@@H]1O. The fraction of sp³-hybridized carbons (Fsp3) is 1.00. The summed E-state index contributed by atoms with van der Waals surface area (Å²) in [5.41, 5.74) is 0. The first-order chi connectivity index (χ1) is 5.69. The smallest absolute Gasteiger partial charge is 0.184 e. The molecule has 1 rings (SSSR count). The predicted octanol–water partition coefficient (Wildman–Crippen LogP) is -2.61. The second-order valence-corrected chi connectivity index (χ2v) is 2.50. The lowest BCUT2D eigenvalue weighted by Gasteiger charge is -2.35. The van der Waals surface area contributed by atoms with Gasteiger partial charge in [-0.05, 0) is 0 Å². The molecule has 12 heavy (non-hydrogen) atoms. The Morgan fingerprint density at radius 2 is 1.17 bits per heavy atom. The third-order valence-electron chi connectivity index (χ3n) is 1.62. The molecule has 0 unspecified atom stereocenters. The highest BCUT2D eigenvalue weighted by molar-refractivity contribution is 4.72. The summed E-state index contributed by atoms with van der Waals surface area (Å²) in [4.78, 5) is 0. The molecule has 0 radical (unpaired) electrons. The van der Waals surface area contributed by atoms with Crippen LogP contribution in [0.3, 0.4) is 0 Å². The lowest BCUT2D eigenvalue weighted by Crippen LogP contribution is -2.51. The number of aliphatic hydroxyl groups is 4. The molecule has 1 heterocycles. The Bertz CT molecular complexity index is 124. The van der Waals surface area contributed by atoms with Gasteiger partial charge in [-0.2, -0.15) is 0 Å². The van der Waals surface area contributed by atoms with Crippen LogP contribution in [0, 0.1) is 0 Å². The average molecular weight is 180 g/mol. The Hall–Kier alpha value is -0.240. The summed E-state index contributed by atoms with van der Waals surface area (Å²) < 4.78 is 9.44. The molecule has 1 fully saturated rings. The molecule has 6 nitrogen and oxygen atoms in total. The van der Waals surface area contributed by atoms with Gasteiger partial charge in [0.05, 0.1) is 13.2 Å². The quantitative estimate of drug-likeness (QED) is 0.371. The molecule has 0 aromatic heterocycles. The van der Waals surface area contributed by atoms with Gasteiger partial charge in [-0.25, -0.2) is 0 Å². The Morgan fingerprint density at radius 1 is 0.833 bits per heavy atom. The van der Waals surface area contributed by atoms with Crippen molar-refractivity contribution in [2.75, 3.05) is 13.2 Å². The first-order valence-electron chi connectivity index (χ1n) is 3.57. The van der Waals surface area contributed by atoms with Crippen LogP contribution < -0.4 is 0 Å². The van der Waals surface area contributed by atoms with Gasteiger partial charge < -0.3 is 29.9 Å². The Kier molecular flexibility index (Phi) is 3.39. The van der Waals surface area contributed by atoms with Crippen LogP contribution in [0.2, 0.25) is 0 Å². The summed E-state index contributed by atoms with van der Waals surface area (Å²) in [7, 11) is 0. The summed E-state index contributed by atoms with van der Waals surface area (Å²) in [5, 5.41) is 35.3. The molecule has 72 valence electrons. The molecule has 0 aromatic rings. The maximum absolute atomic E-state index is 9.06. The van der Waals surface area contributed by atoms with Crippen LogP contribution in [-0.4, -0.2) is 58.4 Å². The molecule has 0 aromatic carbocycles. The number of rotatable bonds is 2. The highest BCUT2D eigenvalue weighted by Gasteiger charge is 2.36. The Morgan fingerprint density at radius 3 is 1.42 bits per heavy atom. The van der Waals surface area contributed by atoms with Crippen LogP contribution >= 0.6 is 0 Å². The molecule has 0 bridgehead atoms. The lowest BCUT2D eigenvalue weighted by molar-refractivity contribution is -0.338. The molecule has 0 spiro atoms. The van der Waals surface area contributed by atoms with Gasteiger partial charge >= 0.3 is 0 Å². The highest BCUT2D eigenvalue weighted by atomic mass is 16.7. The van der Waals surface area contributed by atoms with Crippen molar-refractivity contribution in [3.63, 3.8) is 0 Å². The zero-order valence-corrected chi connectivity index (χ0v) is 6.33. The van der Waals surface area contributed by atoms with Gasteiger partial charge in [-0.3, -0.25) is 0 Å². The fourth-order valence-corrected chi connectivity index (χ4v) is 0.934. The van der Waals surface area contributed by atoms with Gasteiger partial charge in [-0.1, -0.05) is 0 Å². The van der Waals surface area contributed by atoms with Crippen LogP contribution in [0.1, 0.15) is 0 Å². The molecule has 4 atom stereocenters. The van der Waals surface area contributed by atoms with Gasteiger partial charge in [0.1, 0.15) is 12.2 Å². The minimum Gasteiger partial charge on any atom is -0.393 e. The molecular weight excluding hydrogens is 168 g/mol. The molecule has 1 saturated heterocycles. The van der Waals surface area contributed by atoms with E-state index in [9.17, 15) is 0 Å². The van der Waals surface area contributed by atoms with Gasteiger partial charge in [0.2, 0.25) is 0 Å². The third-order valence-corrected chi connectivity index (χ3v) is 1.62. The van der Waals surface area contributed by atoms with E-state index < -0.39 is 38.0 Å². The molecule has 1 aliphatic rings. The second-order valence-electron chi connectivity index (χ2n) is 2.50. The molecule has 6 heteroatoms. The van der Waals surface area contributed by atoms with E-state index in [-0.39, 0.29) is 0 Å². The summed E-state index contributed by atoms with van der Waals surface area (Å²) in [5.74, 6) is 0. The third kappa shape index (κ3) is 1.92. The van der Waals surface area contributed by atoms with Crippen LogP contribution in [0.5, 0.6) is 0 Å². The monoisotopic (exact) mass is 180 g/mol. The average Bonchev–Trinajstić information content (AvgIpc) is 2.08. The van der Waals surface area contributed by atoms with E-state index in [0.717, 1.165) is 0 Å². The van der Waals surface area contributed by atoms with Crippen LogP contribution in [0.15, 0.2) is 0 Å². The van der Waals surface area contributed by atoms with Gasteiger partial charge in [-0.15, -0.1) is 0 Å². The van der Waals surface area contributed by atoms with Gasteiger partial charge in [0.15, 0.2) is 12.6 Å². The standard InChI is InChI=1S/C6H12O6/c7-1-3-5(9)12-4(2-8)6(10)11-3/h3-10H,1-2H2/t3-,4-,5-,6-/m0/s1. The van der Waals surface area contributed by atoms with Crippen molar-refractivity contribution >= 4 is 0 Å². The molecular formula is C6H12O6. The van der Waals surface area contributed by atoms with Gasteiger partial charge in [0, 0.05) is 0 Å². The molecule has 0 aliphatic carbocycles. The van der Waals surface area contributed by atoms with Crippen molar-refractivity contribution in [1.29, 1.82) is 0 Å². The van der Waals surface area contributed by atoms with E-state index in [1.54, 1.807) is 0 Å². The fourth-order valence-electron chi connectivity index (χ4n) is 0.934. The van der Waals surface area contributed by atoms with Crippen molar-refractivity contribution in [2.45, 2.75) is 24.8 Å². The van der Waals surface area contributed by atoms with Crippen LogP contribution in [-0.2, 0) is 9.47 Å². The topological polar surface area (TPSA) is 99.4 Å². The van der Waals surface area contributed by atoms with Crippen LogP contribution in [0.25, 0.3) is 0 Å². The van der Waals surface area contributed by atoms with Gasteiger partial charge in [0.25, 0.3) is 0 Å². The van der Waals surface area contributed by atoms with Crippen molar-refractivity contribution < 1.29 is 29.9 Å². The first kappa shape index (κ1) is 9.85. The van der Waals surface area contributed by atoms with E-state index in [2.05, 4.69) is 0 Å². The minimum atomic E-state index is -1.31. The predicted molar refractivity (Wildman–Crippen MR) is 35.9 cm³/mol. The summed E-state index contributed by atoms with van der Waals surface area (Å²) in [6.07, 6.45) is -4.53. The molecule has 0 saturated carbocycles. The minimum absolute atomic E-state index is 0.448. The maximum atomic E-state index is 9.06. The Labute approximate surface area is 69.0 Å². The van der Waals surface area contributed by atoms with Crippen molar-refractivity contribution in [2.24, 2.45) is 0 Å².